The zero-order chi connectivity index (χ0) is 21.2. The number of carbonyl (C=O) groups is 1. The van der Waals surface area contributed by atoms with Gasteiger partial charge in [0.1, 0.15) is 12.3 Å². The highest BCUT2D eigenvalue weighted by molar-refractivity contribution is 6.04. The molecule has 1 amide bonds. The van der Waals surface area contributed by atoms with Crippen molar-refractivity contribution in [3.63, 3.8) is 0 Å². The van der Waals surface area contributed by atoms with Crippen LogP contribution in [0.2, 0.25) is 0 Å². The summed E-state index contributed by atoms with van der Waals surface area (Å²) >= 11 is 0. The summed E-state index contributed by atoms with van der Waals surface area (Å²) in [6.07, 6.45) is 3.98. The van der Waals surface area contributed by atoms with E-state index in [9.17, 15) is 4.79 Å². The molecular formula is C21H26N8O2. The number of anilines is 3. The van der Waals surface area contributed by atoms with Crippen molar-refractivity contribution >= 4 is 28.6 Å². The van der Waals surface area contributed by atoms with Crippen LogP contribution in [-0.2, 0) is 0 Å². The number of hydrogen-bond acceptors (Lipinski definition) is 8. The monoisotopic (exact) mass is 422 g/mol. The second kappa shape index (κ2) is 8.38. The van der Waals surface area contributed by atoms with Crippen molar-refractivity contribution in [3.8, 4) is 5.75 Å². The number of aromatic nitrogens is 4. The van der Waals surface area contributed by atoms with Gasteiger partial charge < -0.3 is 25.6 Å². The van der Waals surface area contributed by atoms with Gasteiger partial charge in [0.15, 0.2) is 5.75 Å². The molecule has 0 spiro atoms. The number of fused-ring (bicyclic) bond motifs is 3. The Balaban J connectivity index is 1.35. The van der Waals surface area contributed by atoms with Gasteiger partial charge in [-0.2, -0.15) is 9.61 Å². The molecule has 0 aliphatic carbocycles. The first-order chi connectivity index (χ1) is 15.2. The van der Waals surface area contributed by atoms with E-state index < -0.39 is 0 Å². The van der Waals surface area contributed by atoms with E-state index in [1.165, 1.54) is 4.52 Å². The summed E-state index contributed by atoms with van der Waals surface area (Å²) < 4.78 is 7.20. The van der Waals surface area contributed by atoms with Gasteiger partial charge in [-0.05, 0) is 44.0 Å². The van der Waals surface area contributed by atoms with E-state index in [4.69, 9.17) is 4.74 Å². The number of likely N-dealkylation sites (N-methyl/N-ethyl adjacent to an activating group) is 1. The van der Waals surface area contributed by atoms with E-state index in [0.717, 1.165) is 50.4 Å². The Labute approximate surface area is 180 Å². The molecule has 10 nitrogen and oxygen atoms in total. The molecule has 10 heteroatoms. The molecule has 5 rings (SSSR count). The molecule has 0 saturated carbocycles. The van der Waals surface area contributed by atoms with Gasteiger partial charge in [0.05, 0.1) is 24.1 Å². The largest absolute Gasteiger partial charge is 0.486 e. The van der Waals surface area contributed by atoms with E-state index in [1.807, 2.05) is 36.2 Å². The van der Waals surface area contributed by atoms with Gasteiger partial charge >= 0.3 is 0 Å². The third-order valence-corrected chi connectivity index (χ3v) is 5.87. The van der Waals surface area contributed by atoms with Gasteiger partial charge in [0.25, 0.3) is 5.91 Å². The summed E-state index contributed by atoms with van der Waals surface area (Å²) in [5, 5.41) is 22.5. The summed E-state index contributed by atoms with van der Waals surface area (Å²) in [5.74, 6) is 0.960. The van der Waals surface area contributed by atoms with Gasteiger partial charge in [0, 0.05) is 13.6 Å². The first-order valence-corrected chi connectivity index (χ1v) is 10.6. The fraction of sp³-hybridized carbons (Fsp3) is 0.429. The fourth-order valence-corrected chi connectivity index (χ4v) is 4.04. The number of nitrogens with zero attached hydrogens (tertiary/aromatic N) is 5. The lowest BCUT2D eigenvalue weighted by Gasteiger charge is -2.26. The normalized spacial score (nSPS) is 16.6. The molecule has 4 heterocycles. The minimum atomic E-state index is -0.375. The van der Waals surface area contributed by atoms with Gasteiger partial charge in [-0.15, -0.1) is 10.2 Å². The molecule has 0 bridgehead atoms. The smallest absolute Gasteiger partial charge is 0.295 e. The summed E-state index contributed by atoms with van der Waals surface area (Å²) in [5.41, 5.74) is 2.86. The summed E-state index contributed by atoms with van der Waals surface area (Å²) in [6.45, 7) is 4.31. The lowest BCUT2D eigenvalue weighted by atomic mass is 9.98. The number of nitrogens with one attached hydrogen (secondary N) is 3. The van der Waals surface area contributed by atoms with Crippen molar-refractivity contribution in [2.24, 2.45) is 5.92 Å². The lowest BCUT2D eigenvalue weighted by Crippen LogP contribution is -2.31. The average molecular weight is 422 g/mol. The lowest BCUT2D eigenvalue weighted by molar-refractivity contribution is 0.101. The Kier molecular flexibility index (Phi) is 5.29. The van der Waals surface area contributed by atoms with Crippen LogP contribution in [0, 0.1) is 5.92 Å². The first kappa shape index (κ1) is 19.6. The molecule has 3 N–H and O–H groups in total. The van der Waals surface area contributed by atoms with Crippen LogP contribution in [0.25, 0.3) is 5.65 Å². The van der Waals surface area contributed by atoms with Gasteiger partial charge in [0.2, 0.25) is 11.5 Å². The molecular weight excluding hydrogens is 396 g/mol. The Hall–Kier alpha value is -3.40. The maximum atomic E-state index is 13.0. The van der Waals surface area contributed by atoms with Crippen LogP contribution < -0.4 is 25.6 Å². The zero-order valence-corrected chi connectivity index (χ0v) is 17.5. The average Bonchev–Trinajstić information content (AvgIpc) is 3.24. The van der Waals surface area contributed by atoms with Crippen molar-refractivity contribution < 1.29 is 9.53 Å². The predicted octanol–water partition coefficient (Wildman–Crippen LogP) is 1.62. The number of hydrogen-bond donors (Lipinski definition) is 3. The Bertz CT molecular complexity index is 1090. The van der Waals surface area contributed by atoms with Gasteiger partial charge in [-0.25, -0.2) is 0 Å². The minimum Gasteiger partial charge on any atom is -0.486 e. The standard InChI is InChI=1S/C21H26N8O2/c1-28-10-11-31-18-17(28)13-24-29-19(18)26-27-20(29)21(30)25-16-5-3-2-4-15(16)23-12-14-6-8-22-9-7-14/h2-5,13-14,22-23H,6-12H2,1H3,(H,25,30). The van der Waals surface area contributed by atoms with Crippen molar-refractivity contribution in [1.82, 2.24) is 25.1 Å². The SMILES string of the molecule is CN1CCOc2c1cnn1c(C(=O)Nc3ccccc3NCC3CCNCC3)nnc21. The summed E-state index contributed by atoms with van der Waals surface area (Å²) in [4.78, 5) is 15.1. The Morgan fingerprint density at radius 1 is 1.23 bits per heavy atom. The molecule has 0 unspecified atom stereocenters. The predicted molar refractivity (Wildman–Crippen MR) is 118 cm³/mol. The third-order valence-electron chi connectivity index (χ3n) is 5.87. The van der Waals surface area contributed by atoms with Crippen LogP contribution in [0.4, 0.5) is 17.1 Å². The zero-order valence-electron chi connectivity index (χ0n) is 17.5. The molecule has 0 radical (unpaired) electrons. The van der Waals surface area contributed by atoms with Crippen molar-refractivity contribution in [3.05, 3.63) is 36.3 Å². The molecule has 1 saturated heterocycles. The summed E-state index contributed by atoms with van der Waals surface area (Å²) in [7, 11) is 1.97. The van der Waals surface area contributed by atoms with Crippen LogP contribution in [0.1, 0.15) is 23.5 Å². The van der Waals surface area contributed by atoms with Crippen molar-refractivity contribution in [2.45, 2.75) is 12.8 Å². The van der Waals surface area contributed by atoms with Crippen LogP contribution >= 0.6 is 0 Å². The topological polar surface area (TPSA) is 109 Å². The van der Waals surface area contributed by atoms with E-state index >= 15 is 0 Å². The number of amides is 1. The van der Waals surface area contributed by atoms with Crippen molar-refractivity contribution in [1.29, 1.82) is 0 Å². The highest BCUT2D eigenvalue weighted by Crippen LogP contribution is 2.33. The second-order valence-electron chi connectivity index (χ2n) is 7.96. The van der Waals surface area contributed by atoms with Crippen molar-refractivity contribution in [2.75, 3.05) is 55.4 Å². The minimum absolute atomic E-state index is 0.114. The molecule has 2 aromatic heterocycles. The van der Waals surface area contributed by atoms with E-state index in [2.05, 4.69) is 31.2 Å². The molecule has 3 aromatic rings. The van der Waals surface area contributed by atoms with E-state index in [-0.39, 0.29) is 11.7 Å². The number of piperidine rings is 1. The molecule has 2 aliphatic heterocycles. The number of rotatable bonds is 5. The summed E-state index contributed by atoms with van der Waals surface area (Å²) in [6, 6.07) is 7.69. The Morgan fingerprint density at radius 2 is 2.03 bits per heavy atom. The van der Waals surface area contributed by atoms with Crippen LogP contribution in [0.5, 0.6) is 5.75 Å². The van der Waals surface area contributed by atoms with Crippen LogP contribution in [-0.4, -0.2) is 65.6 Å². The number of para-hydroxylation sites is 2. The van der Waals surface area contributed by atoms with E-state index in [0.29, 0.717) is 29.6 Å². The molecule has 162 valence electrons. The molecule has 1 aromatic carbocycles. The number of benzene rings is 1. The van der Waals surface area contributed by atoms with Crippen LogP contribution in [0.3, 0.4) is 0 Å². The Morgan fingerprint density at radius 3 is 2.87 bits per heavy atom. The maximum Gasteiger partial charge on any atom is 0.295 e. The fourth-order valence-electron chi connectivity index (χ4n) is 4.04. The third kappa shape index (κ3) is 3.86. The number of ether oxygens (including phenoxy) is 1. The second-order valence-corrected chi connectivity index (χ2v) is 7.96. The highest BCUT2D eigenvalue weighted by Gasteiger charge is 2.25. The molecule has 31 heavy (non-hydrogen) atoms. The van der Waals surface area contributed by atoms with Gasteiger partial charge in [-0.1, -0.05) is 12.1 Å². The van der Waals surface area contributed by atoms with Crippen LogP contribution in [0.15, 0.2) is 30.5 Å². The maximum absolute atomic E-state index is 13.0. The highest BCUT2D eigenvalue weighted by atomic mass is 16.5. The first-order valence-electron chi connectivity index (χ1n) is 10.6. The molecule has 0 atom stereocenters. The molecule has 2 aliphatic rings. The van der Waals surface area contributed by atoms with E-state index in [1.54, 1.807) is 6.20 Å². The quantitative estimate of drug-likeness (QED) is 0.569. The van der Waals surface area contributed by atoms with Gasteiger partial charge in [-0.3, -0.25) is 4.79 Å². The number of carbonyl (C=O) groups excluding carboxylic acids is 1. The molecule has 1 fully saturated rings.